The summed E-state index contributed by atoms with van der Waals surface area (Å²) in [6.45, 7) is 2.65. The summed E-state index contributed by atoms with van der Waals surface area (Å²) in [4.78, 5) is 11.4. The van der Waals surface area contributed by atoms with E-state index in [-0.39, 0.29) is 0 Å². The zero-order valence-electron chi connectivity index (χ0n) is 12.9. The molecule has 0 saturated heterocycles. The lowest BCUT2D eigenvalue weighted by atomic mass is 9.94. The highest BCUT2D eigenvalue weighted by atomic mass is 16.5. The quantitative estimate of drug-likeness (QED) is 0.734. The van der Waals surface area contributed by atoms with E-state index in [1.165, 1.54) is 5.56 Å². The molecular weight excluding hydrogens is 276 g/mol. The Morgan fingerprint density at radius 3 is 2.55 bits per heavy atom. The Kier molecular flexibility index (Phi) is 6.01. The number of rotatable bonds is 8. The van der Waals surface area contributed by atoms with Crippen molar-refractivity contribution in [2.45, 2.75) is 32.1 Å². The van der Waals surface area contributed by atoms with Gasteiger partial charge in [-0.25, -0.2) is 0 Å². The Morgan fingerprint density at radius 1 is 1.09 bits per heavy atom. The summed E-state index contributed by atoms with van der Waals surface area (Å²) in [7, 11) is 0. The van der Waals surface area contributed by atoms with Gasteiger partial charge in [0, 0.05) is 0 Å². The number of carboxylic acids is 1. The third-order valence-electron chi connectivity index (χ3n) is 3.65. The normalized spacial score (nSPS) is 11.9. The van der Waals surface area contributed by atoms with Crippen molar-refractivity contribution >= 4 is 5.97 Å². The molecule has 2 aromatic carbocycles. The maximum atomic E-state index is 11.4. The first-order chi connectivity index (χ1) is 10.7. The van der Waals surface area contributed by atoms with E-state index >= 15 is 0 Å². The highest BCUT2D eigenvalue weighted by Gasteiger charge is 2.18. The van der Waals surface area contributed by atoms with Crippen molar-refractivity contribution in [2.24, 2.45) is 0 Å². The van der Waals surface area contributed by atoms with Gasteiger partial charge in [0.1, 0.15) is 5.75 Å². The van der Waals surface area contributed by atoms with Gasteiger partial charge in [-0.2, -0.15) is 0 Å². The molecule has 0 bridgehead atoms. The van der Waals surface area contributed by atoms with Gasteiger partial charge in [-0.3, -0.25) is 4.79 Å². The highest BCUT2D eigenvalue weighted by molar-refractivity contribution is 5.75. The number of hydrogen-bond donors (Lipinski definition) is 1. The molecule has 0 aliphatic carbocycles. The van der Waals surface area contributed by atoms with Gasteiger partial charge in [0.25, 0.3) is 0 Å². The fourth-order valence-electron chi connectivity index (χ4n) is 2.46. The lowest BCUT2D eigenvalue weighted by Gasteiger charge is -2.13. The van der Waals surface area contributed by atoms with Crippen LogP contribution in [0.25, 0.3) is 0 Å². The lowest BCUT2D eigenvalue weighted by Crippen LogP contribution is -2.12. The zero-order valence-corrected chi connectivity index (χ0v) is 12.9. The van der Waals surface area contributed by atoms with Crippen LogP contribution in [0, 0.1) is 6.92 Å². The average Bonchev–Trinajstić information content (AvgIpc) is 2.51. The largest absolute Gasteiger partial charge is 0.494 e. The van der Waals surface area contributed by atoms with Crippen molar-refractivity contribution in [1.82, 2.24) is 0 Å². The van der Waals surface area contributed by atoms with Crippen molar-refractivity contribution in [3.05, 3.63) is 65.7 Å². The van der Waals surface area contributed by atoms with Crippen molar-refractivity contribution in [3.63, 3.8) is 0 Å². The molecule has 0 heterocycles. The molecule has 1 N–H and O–H groups in total. The second-order valence-corrected chi connectivity index (χ2v) is 5.46. The fourth-order valence-corrected chi connectivity index (χ4v) is 2.46. The molecule has 0 spiro atoms. The highest BCUT2D eigenvalue weighted by Crippen LogP contribution is 2.22. The Morgan fingerprint density at radius 2 is 1.86 bits per heavy atom. The van der Waals surface area contributed by atoms with Crippen LogP contribution in [0.1, 0.15) is 36.3 Å². The van der Waals surface area contributed by atoms with Crippen molar-refractivity contribution < 1.29 is 14.6 Å². The van der Waals surface area contributed by atoms with E-state index in [9.17, 15) is 9.90 Å². The maximum absolute atomic E-state index is 11.4. The van der Waals surface area contributed by atoms with Gasteiger partial charge in [-0.15, -0.1) is 0 Å². The molecule has 1 unspecified atom stereocenters. The maximum Gasteiger partial charge on any atom is 0.310 e. The van der Waals surface area contributed by atoms with Crippen LogP contribution in [-0.4, -0.2) is 17.7 Å². The topological polar surface area (TPSA) is 46.5 Å². The van der Waals surface area contributed by atoms with Crippen LogP contribution < -0.4 is 4.74 Å². The predicted octanol–water partition coefficient (Wildman–Crippen LogP) is 4.41. The molecule has 1 atom stereocenters. The second-order valence-electron chi connectivity index (χ2n) is 5.46. The number of aryl methyl sites for hydroxylation is 1. The molecule has 0 amide bonds. The first kappa shape index (κ1) is 16.1. The van der Waals surface area contributed by atoms with Gasteiger partial charge in [-0.1, -0.05) is 42.5 Å². The van der Waals surface area contributed by atoms with E-state index in [1.807, 2.05) is 61.5 Å². The summed E-state index contributed by atoms with van der Waals surface area (Å²) < 4.78 is 5.69. The molecule has 3 heteroatoms. The summed E-state index contributed by atoms with van der Waals surface area (Å²) in [5.41, 5.74) is 2.04. The number of carboxylic acid groups (broad SMARTS) is 1. The Labute approximate surface area is 131 Å². The number of unbranched alkanes of at least 4 members (excludes halogenated alkanes) is 1. The molecule has 0 aliphatic heterocycles. The summed E-state index contributed by atoms with van der Waals surface area (Å²) in [6, 6.07) is 17.4. The third-order valence-corrected chi connectivity index (χ3v) is 3.65. The third kappa shape index (κ3) is 4.92. The molecule has 2 aromatic rings. The molecule has 116 valence electrons. The molecule has 0 aromatic heterocycles. The second kappa shape index (κ2) is 8.23. The van der Waals surface area contributed by atoms with Gasteiger partial charge in [0.2, 0.25) is 0 Å². The van der Waals surface area contributed by atoms with Crippen LogP contribution >= 0.6 is 0 Å². The smallest absolute Gasteiger partial charge is 0.310 e. The minimum atomic E-state index is -0.759. The van der Waals surface area contributed by atoms with E-state index < -0.39 is 11.9 Å². The zero-order chi connectivity index (χ0) is 15.8. The van der Waals surface area contributed by atoms with E-state index in [1.54, 1.807) is 0 Å². The average molecular weight is 298 g/mol. The Hall–Kier alpha value is -2.29. The van der Waals surface area contributed by atoms with E-state index in [4.69, 9.17) is 4.74 Å². The van der Waals surface area contributed by atoms with Crippen LogP contribution in [0.15, 0.2) is 54.6 Å². The standard InChI is InChI=1S/C19H22O3/c1-15-8-7-11-17(14-15)22-13-6-5-12-18(19(20)21)16-9-3-2-4-10-16/h2-4,7-11,14,18H,5-6,12-13H2,1H3,(H,20,21). The number of benzene rings is 2. The van der Waals surface area contributed by atoms with Gasteiger partial charge in [0.05, 0.1) is 12.5 Å². The van der Waals surface area contributed by atoms with Crippen molar-refractivity contribution in [3.8, 4) is 5.75 Å². The van der Waals surface area contributed by atoms with E-state index in [0.717, 1.165) is 24.2 Å². The first-order valence-corrected chi connectivity index (χ1v) is 7.64. The predicted molar refractivity (Wildman–Crippen MR) is 87.3 cm³/mol. The van der Waals surface area contributed by atoms with Crippen LogP contribution in [-0.2, 0) is 4.79 Å². The summed E-state index contributed by atoms with van der Waals surface area (Å²) in [5, 5.41) is 9.36. The van der Waals surface area contributed by atoms with E-state index in [2.05, 4.69) is 0 Å². The van der Waals surface area contributed by atoms with Crippen LogP contribution in [0.2, 0.25) is 0 Å². The minimum Gasteiger partial charge on any atom is -0.494 e. The van der Waals surface area contributed by atoms with Gasteiger partial charge in [0.15, 0.2) is 0 Å². The monoisotopic (exact) mass is 298 g/mol. The first-order valence-electron chi connectivity index (χ1n) is 7.64. The van der Waals surface area contributed by atoms with Gasteiger partial charge in [-0.05, 0) is 49.4 Å². The fraction of sp³-hybridized carbons (Fsp3) is 0.316. The number of aliphatic carboxylic acids is 1. The summed E-state index contributed by atoms with van der Waals surface area (Å²) >= 11 is 0. The van der Waals surface area contributed by atoms with Crippen molar-refractivity contribution in [1.29, 1.82) is 0 Å². The van der Waals surface area contributed by atoms with Crippen LogP contribution in [0.4, 0.5) is 0 Å². The Bertz CT molecular complexity index is 593. The van der Waals surface area contributed by atoms with Gasteiger partial charge < -0.3 is 9.84 Å². The summed E-state index contributed by atoms with van der Waals surface area (Å²) in [5.74, 6) is -0.316. The number of ether oxygens (including phenoxy) is 1. The van der Waals surface area contributed by atoms with Crippen molar-refractivity contribution in [2.75, 3.05) is 6.61 Å². The SMILES string of the molecule is Cc1cccc(OCCCCC(C(=O)O)c2ccccc2)c1. The van der Waals surface area contributed by atoms with Gasteiger partial charge >= 0.3 is 5.97 Å². The molecule has 0 aliphatic rings. The Balaban J connectivity index is 1.76. The molecule has 22 heavy (non-hydrogen) atoms. The van der Waals surface area contributed by atoms with E-state index in [0.29, 0.717) is 13.0 Å². The molecule has 2 rings (SSSR count). The number of hydrogen-bond acceptors (Lipinski definition) is 2. The molecule has 3 nitrogen and oxygen atoms in total. The molecule has 0 fully saturated rings. The number of carbonyl (C=O) groups is 1. The lowest BCUT2D eigenvalue weighted by molar-refractivity contribution is -0.139. The molecular formula is C19H22O3. The minimum absolute atomic E-state index is 0.430. The van der Waals surface area contributed by atoms with Crippen LogP contribution in [0.3, 0.4) is 0 Å². The summed E-state index contributed by atoms with van der Waals surface area (Å²) in [6.07, 6.45) is 2.32. The van der Waals surface area contributed by atoms with Crippen LogP contribution in [0.5, 0.6) is 5.75 Å². The molecule has 0 saturated carbocycles. The molecule has 0 radical (unpaired) electrons.